The third-order valence-electron chi connectivity index (χ3n) is 6.18. The first kappa shape index (κ1) is 29.3. The lowest BCUT2D eigenvalue weighted by Crippen LogP contribution is -2.19. The highest BCUT2D eigenvalue weighted by atomic mass is 32.2. The minimum Gasteiger partial charge on any atom is -0.378 e. The zero-order chi connectivity index (χ0) is 27.0. The van der Waals surface area contributed by atoms with Crippen LogP contribution in [-0.4, -0.2) is 21.4 Å². The lowest BCUT2D eigenvalue weighted by Gasteiger charge is -2.25. The SMILES string of the molecule is CC(C)c1cc(C(C)C)c(S(=O)(=O)Oc2c(C(C)C)cc(S(=O)(=O)O)cc2C(C)C)c(C(C)C)c1. The number of benzene rings is 2. The van der Waals surface area contributed by atoms with E-state index in [1.165, 1.54) is 12.1 Å². The van der Waals surface area contributed by atoms with Crippen molar-refractivity contribution in [3.8, 4) is 5.75 Å². The van der Waals surface area contributed by atoms with Gasteiger partial charge in [-0.15, -0.1) is 0 Å². The van der Waals surface area contributed by atoms with Crippen molar-refractivity contribution in [2.45, 2.75) is 109 Å². The molecular weight excluding hydrogens is 484 g/mol. The average molecular weight is 525 g/mol. The molecule has 0 atom stereocenters. The summed E-state index contributed by atoms with van der Waals surface area (Å²) in [5.74, 6) is -0.268. The summed E-state index contributed by atoms with van der Waals surface area (Å²) >= 11 is 0. The second-order valence-corrected chi connectivity index (χ2v) is 13.7. The molecule has 2 rings (SSSR count). The van der Waals surface area contributed by atoms with Crippen molar-refractivity contribution in [2.75, 3.05) is 0 Å². The van der Waals surface area contributed by atoms with Crippen LogP contribution in [0.2, 0.25) is 0 Å². The predicted octanol–water partition coefficient (Wildman–Crippen LogP) is 7.32. The molecule has 6 nitrogen and oxygen atoms in total. The van der Waals surface area contributed by atoms with Crippen LogP contribution in [0.3, 0.4) is 0 Å². The number of hydrogen-bond donors (Lipinski definition) is 1. The molecule has 0 unspecified atom stereocenters. The predicted molar refractivity (Wildman–Crippen MR) is 141 cm³/mol. The Morgan fingerprint density at radius 2 is 0.971 bits per heavy atom. The second-order valence-electron chi connectivity index (χ2n) is 10.7. The maximum Gasteiger partial charge on any atom is 0.339 e. The van der Waals surface area contributed by atoms with Crippen molar-refractivity contribution in [2.24, 2.45) is 0 Å². The minimum absolute atomic E-state index is 0.0596. The van der Waals surface area contributed by atoms with Crippen molar-refractivity contribution < 1.29 is 25.6 Å². The molecule has 0 aliphatic carbocycles. The average Bonchev–Trinajstić information content (AvgIpc) is 2.70. The highest BCUT2D eigenvalue weighted by Crippen LogP contribution is 2.41. The van der Waals surface area contributed by atoms with Crippen molar-refractivity contribution >= 4 is 20.2 Å². The molecule has 0 bridgehead atoms. The Kier molecular flexibility index (Phi) is 8.89. The van der Waals surface area contributed by atoms with Crippen LogP contribution in [0.25, 0.3) is 0 Å². The smallest absolute Gasteiger partial charge is 0.339 e. The lowest BCUT2D eigenvalue weighted by atomic mass is 9.89. The fourth-order valence-corrected chi connectivity index (χ4v) is 6.29. The van der Waals surface area contributed by atoms with Crippen molar-refractivity contribution in [1.82, 2.24) is 0 Å². The van der Waals surface area contributed by atoms with Gasteiger partial charge in [-0.05, 0) is 58.4 Å². The quantitative estimate of drug-likeness (QED) is 0.273. The van der Waals surface area contributed by atoms with Gasteiger partial charge in [0.1, 0.15) is 10.6 Å². The van der Waals surface area contributed by atoms with Crippen LogP contribution in [0.5, 0.6) is 5.75 Å². The van der Waals surface area contributed by atoms with E-state index in [1.807, 2.05) is 67.5 Å². The molecule has 0 aromatic heterocycles. The Bertz CT molecular complexity index is 1230. The zero-order valence-electron chi connectivity index (χ0n) is 22.5. The largest absolute Gasteiger partial charge is 0.378 e. The molecule has 0 heterocycles. The highest BCUT2D eigenvalue weighted by Gasteiger charge is 2.31. The first-order chi connectivity index (χ1) is 15.9. The van der Waals surface area contributed by atoms with Gasteiger partial charge in [-0.25, -0.2) is 0 Å². The van der Waals surface area contributed by atoms with E-state index in [9.17, 15) is 21.4 Å². The van der Waals surface area contributed by atoms with Gasteiger partial charge in [-0.1, -0.05) is 81.4 Å². The lowest BCUT2D eigenvalue weighted by molar-refractivity contribution is 0.471. The van der Waals surface area contributed by atoms with E-state index < -0.39 is 20.2 Å². The van der Waals surface area contributed by atoms with Gasteiger partial charge in [0.05, 0.1) is 4.90 Å². The number of hydrogen-bond acceptors (Lipinski definition) is 5. The van der Waals surface area contributed by atoms with Crippen LogP contribution in [0.1, 0.15) is 127 Å². The normalized spacial score (nSPS) is 13.0. The molecule has 0 aliphatic heterocycles. The summed E-state index contributed by atoms with van der Waals surface area (Å²) in [6, 6.07) is 6.49. The van der Waals surface area contributed by atoms with Gasteiger partial charge in [0.15, 0.2) is 0 Å². The molecule has 0 spiro atoms. The molecule has 35 heavy (non-hydrogen) atoms. The Morgan fingerprint density at radius 1 is 0.600 bits per heavy atom. The van der Waals surface area contributed by atoms with Crippen LogP contribution in [-0.2, 0) is 20.2 Å². The van der Waals surface area contributed by atoms with Gasteiger partial charge in [0.2, 0.25) is 0 Å². The first-order valence-electron chi connectivity index (χ1n) is 12.2. The molecular formula is C27H40O6S2. The van der Waals surface area contributed by atoms with Crippen LogP contribution >= 0.6 is 0 Å². The second kappa shape index (κ2) is 10.6. The monoisotopic (exact) mass is 524 g/mol. The molecule has 0 saturated heterocycles. The van der Waals surface area contributed by atoms with Crippen LogP contribution in [0.15, 0.2) is 34.1 Å². The Labute approximate surface area is 212 Å². The molecule has 2 aromatic rings. The van der Waals surface area contributed by atoms with E-state index in [-0.39, 0.29) is 45.1 Å². The summed E-state index contributed by atoms with van der Waals surface area (Å²) in [5, 5.41) is 0. The highest BCUT2D eigenvalue weighted by molar-refractivity contribution is 7.87. The Morgan fingerprint density at radius 3 is 1.26 bits per heavy atom. The van der Waals surface area contributed by atoms with E-state index >= 15 is 0 Å². The van der Waals surface area contributed by atoms with Crippen LogP contribution < -0.4 is 4.18 Å². The fraction of sp³-hybridized carbons (Fsp3) is 0.556. The first-order valence-corrected chi connectivity index (χ1v) is 15.0. The molecule has 1 N–H and O–H groups in total. The molecule has 0 amide bonds. The Hall–Kier alpha value is -1.90. The maximum atomic E-state index is 14.0. The summed E-state index contributed by atoms with van der Waals surface area (Å²) < 4.78 is 67.4. The molecule has 8 heteroatoms. The third kappa shape index (κ3) is 6.46. The summed E-state index contributed by atoms with van der Waals surface area (Å²) in [4.78, 5) is -0.100. The fourth-order valence-electron chi connectivity index (χ4n) is 4.08. The molecule has 196 valence electrons. The summed E-state index contributed by atoms with van der Waals surface area (Å²) in [7, 11) is -8.76. The molecule has 0 aliphatic rings. The molecule has 0 radical (unpaired) electrons. The van der Waals surface area contributed by atoms with Gasteiger partial charge >= 0.3 is 10.1 Å². The van der Waals surface area contributed by atoms with Gasteiger partial charge in [-0.3, -0.25) is 4.55 Å². The topological polar surface area (TPSA) is 97.7 Å². The molecule has 2 aromatic carbocycles. The van der Waals surface area contributed by atoms with Gasteiger partial charge in [-0.2, -0.15) is 16.8 Å². The molecule has 0 fully saturated rings. The molecule has 0 saturated carbocycles. The minimum atomic E-state index is -4.48. The van der Waals surface area contributed by atoms with E-state index in [0.717, 1.165) is 5.56 Å². The van der Waals surface area contributed by atoms with E-state index in [4.69, 9.17) is 4.18 Å². The van der Waals surface area contributed by atoms with Gasteiger partial charge in [0.25, 0.3) is 10.1 Å². The van der Waals surface area contributed by atoms with Gasteiger partial charge < -0.3 is 4.18 Å². The zero-order valence-corrected chi connectivity index (χ0v) is 24.1. The van der Waals surface area contributed by atoms with Crippen LogP contribution in [0.4, 0.5) is 0 Å². The van der Waals surface area contributed by atoms with Gasteiger partial charge in [0, 0.05) is 11.1 Å². The number of rotatable bonds is 9. The summed E-state index contributed by atoms with van der Waals surface area (Å²) in [6.45, 7) is 19.3. The van der Waals surface area contributed by atoms with Crippen molar-refractivity contribution in [1.29, 1.82) is 0 Å². The third-order valence-corrected chi connectivity index (χ3v) is 8.37. The van der Waals surface area contributed by atoms with E-state index in [2.05, 4.69) is 13.8 Å². The summed E-state index contributed by atoms with van der Waals surface area (Å²) in [5.41, 5.74) is 3.28. The summed E-state index contributed by atoms with van der Waals surface area (Å²) in [6.07, 6.45) is 0. The maximum absolute atomic E-state index is 14.0. The van der Waals surface area contributed by atoms with E-state index in [1.54, 1.807) is 0 Å². The van der Waals surface area contributed by atoms with Crippen LogP contribution in [0, 0.1) is 0 Å². The van der Waals surface area contributed by atoms with Crippen molar-refractivity contribution in [3.05, 3.63) is 52.1 Å². The Balaban J connectivity index is 2.91. The van der Waals surface area contributed by atoms with E-state index in [0.29, 0.717) is 22.3 Å². The standard InChI is InChI=1S/C27H40O6S2/c1-15(2)20-11-24(18(7)8)27(25(12-20)19(9)10)35(31,32)33-26-22(16(3)4)13-21(34(28,29)30)14-23(26)17(5)6/h11-19H,1-10H3,(H,28,29,30). The van der Waals surface area contributed by atoms with Crippen molar-refractivity contribution in [3.63, 3.8) is 0 Å².